The van der Waals surface area contributed by atoms with Gasteiger partial charge in [-0.05, 0) is 12.8 Å². The Morgan fingerprint density at radius 3 is 2.42 bits per heavy atom. The van der Waals surface area contributed by atoms with Gasteiger partial charge in [-0.2, -0.15) is 11.8 Å². The van der Waals surface area contributed by atoms with Crippen LogP contribution in [-0.4, -0.2) is 87.1 Å². The van der Waals surface area contributed by atoms with Gasteiger partial charge in [0.05, 0.1) is 58.1 Å². The number of carbonyl (C=O) groups is 3. The second kappa shape index (κ2) is 15.2. The second-order valence-corrected chi connectivity index (χ2v) is 8.64. The maximum absolute atomic E-state index is 11.9. The highest BCUT2D eigenvalue weighted by molar-refractivity contribution is 8.00. The molecule has 2 aliphatic heterocycles. The highest BCUT2D eigenvalue weighted by Crippen LogP contribution is 2.33. The van der Waals surface area contributed by atoms with E-state index >= 15 is 0 Å². The first-order chi connectivity index (χ1) is 15.1. The predicted molar refractivity (Wildman–Crippen MR) is 116 cm³/mol. The van der Waals surface area contributed by atoms with Crippen LogP contribution >= 0.6 is 11.8 Å². The van der Waals surface area contributed by atoms with Crippen LogP contribution in [0.5, 0.6) is 0 Å². The van der Waals surface area contributed by atoms with Gasteiger partial charge in [0.25, 0.3) is 0 Å². The molecule has 0 spiro atoms. The van der Waals surface area contributed by atoms with E-state index in [2.05, 4.69) is 16.0 Å². The second-order valence-electron chi connectivity index (χ2n) is 7.37. The first kappa shape index (κ1) is 25.7. The largest absolute Gasteiger partial charge is 0.379 e. The number of hydrazine groups is 1. The van der Waals surface area contributed by atoms with Crippen molar-refractivity contribution in [3.8, 4) is 0 Å². The fourth-order valence-corrected chi connectivity index (χ4v) is 4.95. The zero-order valence-corrected chi connectivity index (χ0v) is 18.7. The molecule has 178 valence electrons. The lowest BCUT2D eigenvalue weighted by molar-refractivity contribution is -0.123. The number of thioether (sulfide) groups is 1. The average Bonchev–Trinajstić information content (AvgIpc) is 3.31. The lowest BCUT2D eigenvalue weighted by atomic mass is 10.0. The van der Waals surface area contributed by atoms with Crippen LogP contribution in [-0.2, 0) is 23.8 Å². The van der Waals surface area contributed by atoms with E-state index in [1.165, 1.54) is 0 Å². The molecule has 12 heteroatoms. The minimum atomic E-state index is -0.263. The highest BCUT2D eigenvalue weighted by Gasteiger charge is 2.42. The molecule has 4 amide bonds. The van der Waals surface area contributed by atoms with E-state index in [4.69, 9.17) is 20.1 Å². The molecule has 2 rings (SSSR count). The first-order valence-electron chi connectivity index (χ1n) is 10.8. The number of nitrogens with two attached hydrogens (primary N) is 1. The Morgan fingerprint density at radius 2 is 1.68 bits per heavy atom. The van der Waals surface area contributed by atoms with Gasteiger partial charge in [-0.25, -0.2) is 10.6 Å². The summed E-state index contributed by atoms with van der Waals surface area (Å²) in [7, 11) is 0. The summed E-state index contributed by atoms with van der Waals surface area (Å²) in [6.45, 7) is 2.93. The standard InChI is InChI=1S/C19H35N5O6S/c20-24-17(26)5-7-28-9-11-30-12-10-29-8-6-21-16(25)4-2-1-3-15-18-14(13-31-15)22-19(27)23-18/h14-15,18H,1-13,20H2,(H,21,25)(H,24,26)(H2,22,23,27). The Morgan fingerprint density at radius 1 is 0.968 bits per heavy atom. The molecule has 0 aromatic carbocycles. The maximum atomic E-state index is 11.9. The maximum Gasteiger partial charge on any atom is 0.315 e. The van der Waals surface area contributed by atoms with Crippen LogP contribution in [0.25, 0.3) is 0 Å². The van der Waals surface area contributed by atoms with E-state index in [9.17, 15) is 14.4 Å². The number of fused-ring (bicyclic) bond motifs is 1. The zero-order chi connectivity index (χ0) is 22.3. The van der Waals surface area contributed by atoms with Gasteiger partial charge >= 0.3 is 6.03 Å². The van der Waals surface area contributed by atoms with Gasteiger partial charge in [-0.1, -0.05) is 6.42 Å². The molecule has 0 aromatic rings. The average molecular weight is 462 g/mol. The lowest BCUT2D eigenvalue weighted by Gasteiger charge is -2.16. The number of hydrogen-bond donors (Lipinski definition) is 5. The van der Waals surface area contributed by atoms with Crippen molar-refractivity contribution in [2.45, 2.75) is 49.4 Å². The van der Waals surface area contributed by atoms with Gasteiger partial charge < -0.3 is 30.2 Å². The number of amides is 4. The van der Waals surface area contributed by atoms with Gasteiger partial charge in [0.1, 0.15) is 0 Å². The molecular formula is C19H35N5O6S. The molecular weight excluding hydrogens is 426 g/mol. The zero-order valence-electron chi connectivity index (χ0n) is 17.9. The monoisotopic (exact) mass is 461 g/mol. The quantitative estimate of drug-likeness (QED) is 0.0624. The molecule has 2 aliphatic rings. The number of rotatable bonds is 17. The van der Waals surface area contributed by atoms with Crippen molar-refractivity contribution >= 4 is 29.6 Å². The molecule has 0 bridgehead atoms. The third-order valence-electron chi connectivity index (χ3n) is 5.03. The third-order valence-corrected chi connectivity index (χ3v) is 6.54. The van der Waals surface area contributed by atoms with Crippen molar-refractivity contribution in [2.75, 3.05) is 51.9 Å². The molecule has 2 fully saturated rings. The summed E-state index contributed by atoms with van der Waals surface area (Å²) >= 11 is 1.90. The van der Waals surface area contributed by atoms with Crippen molar-refractivity contribution in [3.63, 3.8) is 0 Å². The number of ether oxygens (including phenoxy) is 3. The van der Waals surface area contributed by atoms with Gasteiger partial charge in [0.2, 0.25) is 11.8 Å². The van der Waals surface area contributed by atoms with Gasteiger partial charge in [-0.3, -0.25) is 15.0 Å². The van der Waals surface area contributed by atoms with Crippen molar-refractivity contribution in [3.05, 3.63) is 0 Å². The summed E-state index contributed by atoms with van der Waals surface area (Å²) in [5.74, 6) is 5.69. The molecule has 0 saturated carbocycles. The van der Waals surface area contributed by atoms with E-state index in [0.29, 0.717) is 57.9 Å². The Bertz CT molecular complexity index is 570. The molecule has 2 heterocycles. The predicted octanol–water partition coefficient (Wildman–Crippen LogP) is -0.742. The van der Waals surface area contributed by atoms with Crippen molar-refractivity contribution in [1.82, 2.24) is 21.4 Å². The van der Waals surface area contributed by atoms with E-state index in [1.807, 2.05) is 17.2 Å². The lowest BCUT2D eigenvalue weighted by Crippen LogP contribution is -2.36. The minimum Gasteiger partial charge on any atom is -0.379 e. The molecule has 6 N–H and O–H groups in total. The Balaban J connectivity index is 1.31. The molecule has 3 unspecified atom stereocenters. The normalized spacial score (nSPS) is 22.0. The van der Waals surface area contributed by atoms with Crippen molar-refractivity contribution < 1.29 is 28.6 Å². The highest BCUT2D eigenvalue weighted by atomic mass is 32.2. The van der Waals surface area contributed by atoms with Gasteiger partial charge in [0.15, 0.2) is 0 Å². The molecule has 11 nitrogen and oxygen atoms in total. The summed E-state index contributed by atoms with van der Waals surface area (Å²) in [5.41, 5.74) is 2.03. The minimum absolute atomic E-state index is 0.0353. The Kier molecular flexibility index (Phi) is 12.6. The van der Waals surface area contributed by atoms with E-state index in [-0.39, 0.29) is 36.3 Å². The van der Waals surface area contributed by atoms with E-state index < -0.39 is 0 Å². The molecule has 31 heavy (non-hydrogen) atoms. The van der Waals surface area contributed by atoms with Crippen LogP contribution in [0.4, 0.5) is 4.79 Å². The van der Waals surface area contributed by atoms with Gasteiger partial charge in [0, 0.05) is 24.0 Å². The number of nitrogens with one attached hydrogen (secondary N) is 4. The van der Waals surface area contributed by atoms with Crippen LogP contribution in [0.15, 0.2) is 0 Å². The van der Waals surface area contributed by atoms with Crippen LogP contribution in [0.3, 0.4) is 0 Å². The fourth-order valence-electron chi connectivity index (χ4n) is 3.40. The number of carbonyl (C=O) groups excluding carboxylic acids is 3. The molecule has 0 aromatic heterocycles. The van der Waals surface area contributed by atoms with Gasteiger partial charge in [-0.15, -0.1) is 0 Å². The summed E-state index contributed by atoms with van der Waals surface area (Å²) in [4.78, 5) is 34.1. The Hall–Kier alpha value is -1.60. The van der Waals surface area contributed by atoms with E-state index in [0.717, 1.165) is 25.0 Å². The van der Waals surface area contributed by atoms with Crippen LogP contribution < -0.4 is 27.2 Å². The number of unbranched alkanes of at least 4 members (excludes halogenated alkanes) is 1. The summed E-state index contributed by atoms with van der Waals surface area (Å²) in [5, 5.41) is 9.22. The molecule has 3 atom stereocenters. The summed E-state index contributed by atoms with van der Waals surface area (Å²) in [6, 6.07) is 0.415. The fraction of sp³-hybridized carbons (Fsp3) is 0.842. The number of hydrogen-bond acceptors (Lipinski definition) is 8. The van der Waals surface area contributed by atoms with Crippen molar-refractivity contribution in [1.29, 1.82) is 0 Å². The number of urea groups is 1. The summed E-state index contributed by atoms with van der Waals surface area (Å²) in [6.07, 6.45) is 3.56. The van der Waals surface area contributed by atoms with Crippen LogP contribution in [0.1, 0.15) is 32.1 Å². The van der Waals surface area contributed by atoms with Crippen LogP contribution in [0, 0.1) is 0 Å². The first-order valence-corrected chi connectivity index (χ1v) is 11.8. The summed E-state index contributed by atoms with van der Waals surface area (Å²) < 4.78 is 16.0. The van der Waals surface area contributed by atoms with Crippen molar-refractivity contribution in [2.24, 2.45) is 5.84 Å². The molecule has 0 aliphatic carbocycles. The Labute approximate surface area is 187 Å². The van der Waals surface area contributed by atoms with Crippen LogP contribution in [0.2, 0.25) is 0 Å². The molecule has 2 saturated heterocycles. The molecule has 0 radical (unpaired) electrons. The SMILES string of the molecule is NNC(=O)CCOCCOCCOCCNC(=O)CCCCC1SCC2NC(=O)NC21. The smallest absolute Gasteiger partial charge is 0.315 e. The third kappa shape index (κ3) is 10.5. The topological polar surface area (TPSA) is 153 Å². The van der Waals surface area contributed by atoms with E-state index in [1.54, 1.807) is 0 Å².